The predicted octanol–water partition coefficient (Wildman–Crippen LogP) is 3.98. The summed E-state index contributed by atoms with van der Waals surface area (Å²) >= 11 is 5.94. The Morgan fingerprint density at radius 3 is 2.29 bits per heavy atom. The molecule has 1 saturated heterocycles. The normalized spacial score (nSPS) is 19.1. The highest BCUT2D eigenvalue weighted by Gasteiger charge is 2.24. The zero-order valence-electron chi connectivity index (χ0n) is 13.6. The molecule has 0 saturated carbocycles. The van der Waals surface area contributed by atoms with Crippen LogP contribution in [0.2, 0.25) is 5.02 Å². The Labute approximate surface area is 134 Å². The van der Waals surface area contributed by atoms with Crippen LogP contribution in [0.15, 0.2) is 24.3 Å². The number of benzene rings is 1. The van der Waals surface area contributed by atoms with E-state index in [0.29, 0.717) is 18.0 Å². The van der Waals surface area contributed by atoms with Crippen molar-refractivity contribution >= 4 is 11.6 Å². The molecule has 2 atom stereocenters. The maximum atomic E-state index is 5.94. The average molecular weight is 309 g/mol. The minimum atomic E-state index is 0.495. The largest absolute Gasteiger partial charge is 0.312 e. The number of hydrogen-bond donors (Lipinski definition) is 1. The Morgan fingerprint density at radius 2 is 1.71 bits per heavy atom. The molecule has 1 N–H and O–H groups in total. The van der Waals surface area contributed by atoms with E-state index in [1.54, 1.807) is 0 Å². The van der Waals surface area contributed by atoms with Crippen molar-refractivity contribution in [1.29, 1.82) is 0 Å². The monoisotopic (exact) mass is 308 g/mol. The quantitative estimate of drug-likeness (QED) is 0.819. The van der Waals surface area contributed by atoms with Gasteiger partial charge in [-0.15, -0.1) is 0 Å². The van der Waals surface area contributed by atoms with Crippen molar-refractivity contribution in [2.75, 3.05) is 19.6 Å². The Kier molecular flexibility index (Phi) is 6.53. The van der Waals surface area contributed by atoms with Gasteiger partial charge in [0.25, 0.3) is 0 Å². The molecule has 0 aliphatic carbocycles. The van der Waals surface area contributed by atoms with Crippen LogP contribution in [0.25, 0.3) is 0 Å². The van der Waals surface area contributed by atoms with Crippen molar-refractivity contribution in [2.45, 2.75) is 52.1 Å². The lowest BCUT2D eigenvalue weighted by Crippen LogP contribution is -2.46. The molecule has 1 fully saturated rings. The van der Waals surface area contributed by atoms with Gasteiger partial charge in [0.1, 0.15) is 0 Å². The zero-order valence-corrected chi connectivity index (χ0v) is 14.4. The molecule has 0 radical (unpaired) electrons. The van der Waals surface area contributed by atoms with Gasteiger partial charge in [0.15, 0.2) is 0 Å². The van der Waals surface area contributed by atoms with Gasteiger partial charge >= 0.3 is 0 Å². The smallest absolute Gasteiger partial charge is 0.0406 e. The summed E-state index contributed by atoms with van der Waals surface area (Å²) in [5.74, 6) is 0.707. The molecule has 1 heterocycles. The van der Waals surface area contributed by atoms with Gasteiger partial charge < -0.3 is 5.32 Å². The number of likely N-dealkylation sites (tertiary alicyclic amines) is 1. The number of halogens is 1. The molecule has 3 heteroatoms. The first-order valence-electron chi connectivity index (χ1n) is 8.28. The van der Waals surface area contributed by atoms with Crippen LogP contribution in [0, 0.1) is 5.92 Å². The maximum Gasteiger partial charge on any atom is 0.0406 e. The van der Waals surface area contributed by atoms with E-state index in [-0.39, 0.29) is 0 Å². The molecule has 118 valence electrons. The second-order valence-corrected chi connectivity index (χ2v) is 7.13. The Balaban J connectivity index is 1.80. The highest BCUT2D eigenvalue weighted by molar-refractivity contribution is 6.30. The van der Waals surface area contributed by atoms with Crippen molar-refractivity contribution in [1.82, 2.24) is 10.2 Å². The van der Waals surface area contributed by atoms with E-state index in [2.05, 4.69) is 43.1 Å². The van der Waals surface area contributed by atoms with Gasteiger partial charge in [0.2, 0.25) is 0 Å². The van der Waals surface area contributed by atoms with Gasteiger partial charge in [0, 0.05) is 23.7 Å². The fourth-order valence-corrected chi connectivity index (χ4v) is 3.35. The number of rotatable bonds is 7. The van der Waals surface area contributed by atoms with Gasteiger partial charge in [-0.3, -0.25) is 4.90 Å². The first kappa shape index (κ1) is 16.8. The Hall–Kier alpha value is -0.570. The summed E-state index contributed by atoms with van der Waals surface area (Å²) in [5.41, 5.74) is 1.35. The summed E-state index contributed by atoms with van der Waals surface area (Å²) in [4.78, 5) is 2.66. The van der Waals surface area contributed by atoms with Crippen LogP contribution in [0.1, 0.15) is 39.2 Å². The number of nitrogens with one attached hydrogen (secondary N) is 1. The topological polar surface area (TPSA) is 15.3 Å². The minimum absolute atomic E-state index is 0.495. The van der Waals surface area contributed by atoms with Crippen molar-refractivity contribution in [3.63, 3.8) is 0 Å². The van der Waals surface area contributed by atoms with Crippen molar-refractivity contribution < 1.29 is 0 Å². The molecule has 0 aromatic heterocycles. The van der Waals surface area contributed by atoms with Crippen LogP contribution in [0.4, 0.5) is 0 Å². The molecule has 1 aromatic rings. The molecule has 0 amide bonds. The maximum absolute atomic E-state index is 5.94. The summed E-state index contributed by atoms with van der Waals surface area (Å²) in [7, 11) is 0. The summed E-state index contributed by atoms with van der Waals surface area (Å²) in [6, 6.07) is 9.37. The third-order valence-electron chi connectivity index (χ3n) is 4.51. The lowest BCUT2D eigenvalue weighted by molar-refractivity contribution is 0.183. The van der Waals surface area contributed by atoms with E-state index in [9.17, 15) is 0 Å². The number of hydrogen-bond acceptors (Lipinski definition) is 2. The molecule has 2 unspecified atom stereocenters. The predicted molar refractivity (Wildman–Crippen MR) is 92.1 cm³/mol. The second-order valence-electron chi connectivity index (χ2n) is 6.69. The standard InChI is InChI=1S/C18H29ClN2/c1-14(2)18(21-10-4-5-11-21)13-20-15(3)12-16-6-8-17(19)9-7-16/h6-9,14-15,18,20H,4-5,10-13H2,1-3H3. The van der Waals surface area contributed by atoms with E-state index in [1.165, 1.54) is 31.5 Å². The van der Waals surface area contributed by atoms with Crippen LogP contribution < -0.4 is 5.32 Å². The van der Waals surface area contributed by atoms with E-state index in [1.807, 2.05) is 12.1 Å². The van der Waals surface area contributed by atoms with Crippen molar-refractivity contribution in [3.05, 3.63) is 34.9 Å². The first-order valence-corrected chi connectivity index (χ1v) is 8.66. The number of nitrogens with zero attached hydrogens (tertiary/aromatic N) is 1. The second kappa shape index (κ2) is 8.17. The third kappa shape index (κ3) is 5.28. The van der Waals surface area contributed by atoms with Crippen molar-refractivity contribution in [3.8, 4) is 0 Å². The molecule has 1 aliphatic heterocycles. The highest BCUT2D eigenvalue weighted by atomic mass is 35.5. The first-order chi connectivity index (χ1) is 10.1. The van der Waals surface area contributed by atoms with E-state index in [0.717, 1.165) is 18.0 Å². The zero-order chi connectivity index (χ0) is 15.2. The van der Waals surface area contributed by atoms with Crippen LogP contribution in [0.5, 0.6) is 0 Å². The third-order valence-corrected chi connectivity index (χ3v) is 4.76. The summed E-state index contributed by atoms with van der Waals surface area (Å²) in [6.45, 7) is 10.6. The van der Waals surface area contributed by atoms with Crippen LogP contribution in [-0.4, -0.2) is 36.6 Å². The molecular formula is C18H29ClN2. The molecule has 0 bridgehead atoms. The lowest BCUT2D eigenvalue weighted by atomic mass is 10.0. The van der Waals surface area contributed by atoms with Gasteiger partial charge in [-0.1, -0.05) is 37.6 Å². The fourth-order valence-electron chi connectivity index (χ4n) is 3.23. The van der Waals surface area contributed by atoms with Crippen LogP contribution in [0.3, 0.4) is 0 Å². The van der Waals surface area contributed by atoms with Gasteiger partial charge in [0.05, 0.1) is 0 Å². The van der Waals surface area contributed by atoms with E-state index in [4.69, 9.17) is 11.6 Å². The highest BCUT2D eigenvalue weighted by Crippen LogP contribution is 2.17. The van der Waals surface area contributed by atoms with E-state index < -0.39 is 0 Å². The molecule has 1 aliphatic rings. The van der Waals surface area contributed by atoms with E-state index >= 15 is 0 Å². The van der Waals surface area contributed by atoms with Crippen LogP contribution >= 0.6 is 11.6 Å². The van der Waals surface area contributed by atoms with Crippen LogP contribution in [-0.2, 0) is 6.42 Å². The molecule has 2 nitrogen and oxygen atoms in total. The molecule has 1 aromatic carbocycles. The Bertz CT molecular complexity index is 410. The summed E-state index contributed by atoms with van der Waals surface area (Å²) < 4.78 is 0. The fraction of sp³-hybridized carbons (Fsp3) is 0.667. The lowest BCUT2D eigenvalue weighted by Gasteiger charge is -2.32. The van der Waals surface area contributed by atoms with Gasteiger partial charge in [-0.25, -0.2) is 0 Å². The Morgan fingerprint density at radius 1 is 1.10 bits per heavy atom. The molecular weight excluding hydrogens is 280 g/mol. The summed E-state index contributed by atoms with van der Waals surface area (Å²) in [5, 5.41) is 4.54. The average Bonchev–Trinajstić information content (AvgIpc) is 2.95. The SMILES string of the molecule is CC(Cc1ccc(Cl)cc1)NCC(C(C)C)N1CCCC1. The van der Waals surface area contributed by atoms with Crippen molar-refractivity contribution in [2.24, 2.45) is 5.92 Å². The summed E-state index contributed by atoms with van der Waals surface area (Å²) in [6.07, 6.45) is 3.79. The molecule has 21 heavy (non-hydrogen) atoms. The molecule has 2 rings (SSSR count). The minimum Gasteiger partial charge on any atom is -0.312 e. The molecule has 0 spiro atoms. The van der Waals surface area contributed by atoms with Gasteiger partial charge in [-0.2, -0.15) is 0 Å². The van der Waals surface area contributed by atoms with Gasteiger partial charge in [-0.05, 0) is 62.9 Å².